The van der Waals surface area contributed by atoms with Crippen LogP contribution in [0.5, 0.6) is 0 Å². The molecule has 0 aromatic carbocycles. The summed E-state index contributed by atoms with van der Waals surface area (Å²) >= 11 is 0. The predicted molar refractivity (Wildman–Crippen MR) is 204 cm³/mol. The largest absolute Gasteiger partial charge is 0.395 e. The van der Waals surface area contributed by atoms with Crippen LogP contribution in [0, 0.1) is 0 Å². The lowest BCUT2D eigenvalue weighted by Gasteiger charge is -2.25. The minimum absolute atomic E-state index is 0.00801. The Morgan fingerprint density at radius 2 is 0.851 bits per heavy atom. The summed E-state index contributed by atoms with van der Waals surface area (Å²) in [6, 6.07) is 0. The van der Waals surface area contributed by atoms with Gasteiger partial charge in [0.05, 0.1) is 6.61 Å². The van der Waals surface area contributed by atoms with Gasteiger partial charge in [-0.05, 0) is 71.3 Å². The number of likely N-dealkylation sites (N-methyl/N-ethyl adjacent to an activating group) is 1. The Balaban J connectivity index is 3.99. The van der Waals surface area contributed by atoms with E-state index in [1.807, 2.05) is 11.9 Å². The molecule has 0 fully saturated rings. The second-order valence-electron chi connectivity index (χ2n) is 13.8. The van der Waals surface area contributed by atoms with Gasteiger partial charge in [-0.15, -0.1) is 0 Å². The Morgan fingerprint density at radius 3 is 1.19 bits per heavy atom. The number of aliphatic hydroxyl groups is 1. The van der Waals surface area contributed by atoms with Crippen molar-refractivity contribution in [3.8, 4) is 0 Å². The summed E-state index contributed by atoms with van der Waals surface area (Å²) in [4.78, 5) is 27.3. The molecule has 0 radical (unpaired) electrons. The summed E-state index contributed by atoms with van der Waals surface area (Å²) in [5.41, 5.74) is 0. The van der Waals surface area contributed by atoms with Crippen molar-refractivity contribution < 1.29 is 14.7 Å². The number of nitrogens with one attached hydrogen (secondary N) is 2. The van der Waals surface area contributed by atoms with Gasteiger partial charge in [0.25, 0.3) is 0 Å². The quantitative estimate of drug-likeness (QED) is 0.0355. The van der Waals surface area contributed by atoms with Gasteiger partial charge in [0, 0.05) is 25.9 Å². The van der Waals surface area contributed by atoms with Crippen LogP contribution in [0.3, 0.4) is 0 Å². The average Bonchev–Trinajstić information content (AvgIpc) is 3.04. The molecule has 3 N–H and O–H groups in total. The summed E-state index contributed by atoms with van der Waals surface area (Å²) in [6.07, 6.45) is 42.1. The number of allylic oxidation sites excluding steroid dienone is 4. The SMILES string of the molecule is CCCCCCCC/C=C\CCCCCCCC(=O)NC(CN(C)CCO)NC(=O)CCCCCCC/C=C\CCCCCCCC. The van der Waals surface area contributed by atoms with E-state index in [9.17, 15) is 14.7 Å². The zero-order valence-electron chi connectivity index (χ0n) is 31.5. The molecule has 0 heterocycles. The monoisotopic (exact) mass is 662 g/mol. The number of nitrogens with zero attached hydrogens (tertiary/aromatic N) is 1. The van der Waals surface area contributed by atoms with Crippen LogP contribution in [0.1, 0.15) is 194 Å². The van der Waals surface area contributed by atoms with Crippen molar-refractivity contribution in [2.24, 2.45) is 0 Å². The maximum Gasteiger partial charge on any atom is 0.221 e. The lowest BCUT2D eigenvalue weighted by Crippen LogP contribution is -2.53. The third-order valence-corrected chi connectivity index (χ3v) is 8.98. The van der Waals surface area contributed by atoms with Crippen LogP contribution in [0.15, 0.2) is 24.3 Å². The fraction of sp³-hybridized carbons (Fsp3) is 0.854. The van der Waals surface area contributed by atoms with E-state index in [1.165, 1.54) is 116 Å². The molecule has 0 bridgehead atoms. The maximum absolute atomic E-state index is 12.7. The van der Waals surface area contributed by atoms with Gasteiger partial charge in [0.2, 0.25) is 11.8 Å². The molecular weight excluding hydrogens is 582 g/mol. The first-order valence-corrected chi connectivity index (χ1v) is 20.2. The van der Waals surface area contributed by atoms with Crippen molar-refractivity contribution in [1.29, 1.82) is 0 Å². The fourth-order valence-corrected chi connectivity index (χ4v) is 5.95. The molecule has 0 aromatic heterocycles. The third-order valence-electron chi connectivity index (χ3n) is 8.98. The van der Waals surface area contributed by atoms with Gasteiger partial charge in [0.1, 0.15) is 6.17 Å². The van der Waals surface area contributed by atoms with Crippen molar-refractivity contribution in [3.05, 3.63) is 24.3 Å². The zero-order chi connectivity index (χ0) is 34.5. The Kier molecular flexibility index (Phi) is 35.9. The van der Waals surface area contributed by atoms with E-state index < -0.39 is 6.17 Å². The number of carbonyl (C=O) groups is 2. The Bertz CT molecular complexity index is 685. The molecule has 2 amide bonds. The molecule has 6 heteroatoms. The first-order chi connectivity index (χ1) is 23.0. The number of unbranched alkanes of at least 4 members (excludes halogenated alkanes) is 22. The lowest BCUT2D eigenvalue weighted by molar-refractivity contribution is -0.124. The lowest BCUT2D eigenvalue weighted by atomic mass is 10.1. The van der Waals surface area contributed by atoms with Gasteiger partial charge in [0.15, 0.2) is 0 Å². The Morgan fingerprint density at radius 1 is 0.532 bits per heavy atom. The van der Waals surface area contributed by atoms with E-state index in [2.05, 4.69) is 48.8 Å². The summed E-state index contributed by atoms with van der Waals surface area (Å²) in [5.74, 6) is -0.0160. The van der Waals surface area contributed by atoms with Crippen LogP contribution >= 0.6 is 0 Å². The summed E-state index contributed by atoms with van der Waals surface area (Å²) in [6.45, 7) is 5.57. The smallest absolute Gasteiger partial charge is 0.221 e. The van der Waals surface area contributed by atoms with Crippen LogP contribution in [0.4, 0.5) is 0 Å². The molecular formula is C41H79N3O3. The van der Waals surface area contributed by atoms with Gasteiger partial charge in [-0.3, -0.25) is 9.59 Å². The van der Waals surface area contributed by atoms with Crippen molar-refractivity contribution in [3.63, 3.8) is 0 Å². The fourth-order valence-electron chi connectivity index (χ4n) is 5.95. The Labute approximate surface area is 292 Å². The molecule has 6 nitrogen and oxygen atoms in total. The van der Waals surface area contributed by atoms with Gasteiger partial charge in [-0.2, -0.15) is 0 Å². The summed E-state index contributed by atoms with van der Waals surface area (Å²) < 4.78 is 0. The molecule has 276 valence electrons. The number of aliphatic hydroxyl groups excluding tert-OH is 1. The summed E-state index contributed by atoms with van der Waals surface area (Å²) in [7, 11) is 1.90. The normalized spacial score (nSPS) is 11.9. The second-order valence-corrected chi connectivity index (χ2v) is 13.8. The molecule has 0 aliphatic heterocycles. The van der Waals surface area contributed by atoms with Crippen molar-refractivity contribution >= 4 is 11.8 Å². The van der Waals surface area contributed by atoms with Crippen molar-refractivity contribution in [2.45, 2.75) is 200 Å². The molecule has 0 rings (SSSR count). The molecule has 47 heavy (non-hydrogen) atoms. The van der Waals surface area contributed by atoms with E-state index in [4.69, 9.17) is 0 Å². The molecule has 0 unspecified atom stereocenters. The molecule has 0 saturated carbocycles. The van der Waals surface area contributed by atoms with Crippen LogP contribution in [-0.2, 0) is 9.59 Å². The van der Waals surface area contributed by atoms with Crippen LogP contribution in [0.2, 0.25) is 0 Å². The molecule has 0 aliphatic carbocycles. The number of carbonyl (C=O) groups excluding carboxylic acids is 2. The first kappa shape index (κ1) is 45.3. The van der Waals surface area contributed by atoms with Gasteiger partial charge in [-0.25, -0.2) is 0 Å². The van der Waals surface area contributed by atoms with E-state index in [-0.39, 0.29) is 18.4 Å². The highest BCUT2D eigenvalue weighted by atomic mass is 16.3. The average molecular weight is 662 g/mol. The van der Waals surface area contributed by atoms with Crippen LogP contribution < -0.4 is 10.6 Å². The van der Waals surface area contributed by atoms with Gasteiger partial charge < -0.3 is 20.6 Å². The highest BCUT2D eigenvalue weighted by Gasteiger charge is 2.17. The highest BCUT2D eigenvalue weighted by Crippen LogP contribution is 2.12. The summed E-state index contributed by atoms with van der Waals surface area (Å²) in [5, 5.41) is 15.4. The van der Waals surface area contributed by atoms with Gasteiger partial charge >= 0.3 is 0 Å². The molecule has 0 atom stereocenters. The molecule has 0 spiro atoms. The molecule has 0 aliphatic rings. The first-order valence-electron chi connectivity index (χ1n) is 20.2. The topological polar surface area (TPSA) is 81.7 Å². The number of hydrogen-bond donors (Lipinski definition) is 3. The molecule has 0 aromatic rings. The third kappa shape index (κ3) is 35.5. The molecule has 0 saturated heterocycles. The van der Waals surface area contributed by atoms with Crippen molar-refractivity contribution in [1.82, 2.24) is 15.5 Å². The Hall–Kier alpha value is -1.66. The van der Waals surface area contributed by atoms with Gasteiger partial charge in [-0.1, -0.05) is 141 Å². The van der Waals surface area contributed by atoms with E-state index in [0.29, 0.717) is 25.9 Å². The van der Waals surface area contributed by atoms with E-state index in [0.717, 1.165) is 51.4 Å². The van der Waals surface area contributed by atoms with Crippen LogP contribution in [0.25, 0.3) is 0 Å². The number of rotatable bonds is 36. The van der Waals surface area contributed by atoms with E-state index in [1.54, 1.807) is 0 Å². The standard InChI is InChI=1S/C41H79N3O3/c1-4-6-8-10-12-14-16-18-20-22-24-26-28-30-32-34-40(46)42-39(38-44(3)36-37-45)43-41(47)35-33-31-29-27-25-23-21-19-17-15-13-11-9-7-5-2/h18-21,39,45H,4-17,22-38H2,1-3H3,(H,42,46)(H,43,47)/b20-18-,21-19-. The van der Waals surface area contributed by atoms with E-state index >= 15 is 0 Å². The number of amides is 2. The highest BCUT2D eigenvalue weighted by molar-refractivity contribution is 5.79. The van der Waals surface area contributed by atoms with Crippen LogP contribution in [-0.4, -0.2) is 54.7 Å². The number of hydrogen-bond acceptors (Lipinski definition) is 4. The maximum atomic E-state index is 12.7. The second kappa shape index (κ2) is 37.2. The predicted octanol–water partition coefficient (Wildman–Crippen LogP) is 10.5. The zero-order valence-corrected chi connectivity index (χ0v) is 31.5. The van der Waals surface area contributed by atoms with Crippen molar-refractivity contribution in [2.75, 3.05) is 26.7 Å². The minimum Gasteiger partial charge on any atom is -0.395 e. The minimum atomic E-state index is -0.433.